The molecule has 0 fully saturated rings. The predicted molar refractivity (Wildman–Crippen MR) is 66.9 cm³/mol. The van der Waals surface area contributed by atoms with Crippen molar-refractivity contribution in [3.05, 3.63) is 11.6 Å². The normalized spacial score (nSPS) is 18.5. The highest BCUT2D eigenvalue weighted by Crippen LogP contribution is 2.14. The molecule has 4 nitrogen and oxygen atoms in total. The Morgan fingerprint density at radius 2 is 2.19 bits per heavy atom. The Hall–Kier alpha value is -0.390. The summed E-state index contributed by atoms with van der Waals surface area (Å²) >= 11 is 0. The minimum absolute atomic E-state index is 0.279. The number of rotatable bonds is 6. The maximum absolute atomic E-state index is 11.9. The molecular weight excluding hydrogens is 224 g/mol. The molecule has 0 radical (unpaired) electrons. The number of hydrogen-bond donors (Lipinski definition) is 1. The summed E-state index contributed by atoms with van der Waals surface area (Å²) in [4.78, 5) is 0. The summed E-state index contributed by atoms with van der Waals surface area (Å²) in [6.45, 7) is 4.14. The molecule has 16 heavy (non-hydrogen) atoms. The molecule has 0 saturated heterocycles. The molecule has 0 aromatic heterocycles. The molecule has 0 unspecified atom stereocenters. The molecule has 0 saturated carbocycles. The topological polar surface area (TPSA) is 49.4 Å². The molecule has 1 aliphatic heterocycles. The van der Waals surface area contributed by atoms with E-state index in [2.05, 4.69) is 12.2 Å². The van der Waals surface area contributed by atoms with E-state index in [9.17, 15) is 8.42 Å². The number of hydrogen-bond acceptors (Lipinski definition) is 3. The lowest BCUT2D eigenvalue weighted by atomic mass is 10.1. The molecule has 1 heterocycles. The van der Waals surface area contributed by atoms with Crippen molar-refractivity contribution in [2.24, 2.45) is 0 Å². The zero-order valence-corrected chi connectivity index (χ0v) is 11.0. The first-order valence-electron chi connectivity index (χ1n) is 5.84. The first kappa shape index (κ1) is 13.7. The van der Waals surface area contributed by atoms with Gasteiger partial charge in [0.2, 0.25) is 10.0 Å². The van der Waals surface area contributed by atoms with E-state index in [1.165, 1.54) is 5.57 Å². The van der Waals surface area contributed by atoms with E-state index in [-0.39, 0.29) is 5.75 Å². The van der Waals surface area contributed by atoms with Crippen molar-refractivity contribution in [3.8, 4) is 0 Å². The van der Waals surface area contributed by atoms with E-state index >= 15 is 0 Å². The lowest BCUT2D eigenvalue weighted by Gasteiger charge is -2.24. The van der Waals surface area contributed by atoms with E-state index in [4.69, 9.17) is 0 Å². The van der Waals surface area contributed by atoms with Crippen LogP contribution in [0.1, 0.15) is 26.2 Å². The van der Waals surface area contributed by atoms with E-state index < -0.39 is 10.0 Å². The average Bonchev–Trinajstić information content (AvgIpc) is 2.25. The van der Waals surface area contributed by atoms with Crippen molar-refractivity contribution in [3.63, 3.8) is 0 Å². The SMILES string of the molecule is CNCCCCS(=O)(=O)N1CC=C(C)CC1. The monoisotopic (exact) mass is 246 g/mol. The molecule has 0 bridgehead atoms. The fraction of sp³-hybridized carbons (Fsp3) is 0.818. The Balaban J connectivity index is 2.39. The van der Waals surface area contributed by atoms with Crippen LogP contribution in [-0.4, -0.2) is 45.2 Å². The van der Waals surface area contributed by atoms with E-state index in [1.54, 1.807) is 4.31 Å². The number of sulfonamides is 1. The van der Waals surface area contributed by atoms with Crippen LogP contribution >= 0.6 is 0 Å². The van der Waals surface area contributed by atoms with Gasteiger partial charge in [-0.3, -0.25) is 0 Å². The van der Waals surface area contributed by atoms with Crippen LogP contribution in [0.4, 0.5) is 0 Å². The van der Waals surface area contributed by atoms with Crippen molar-refractivity contribution in [1.29, 1.82) is 0 Å². The third-order valence-corrected chi connectivity index (χ3v) is 4.79. The third-order valence-electron chi connectivity index (χ3n) is 2.87. The van der Waals surface area contributed by atoms with Crippen LogP contribution in [0.15, 0.2) is 11.6 Å². The van der Waals surface area contributed by atoms with Gasteiger partial charge in [-0.05, 0) is 39.8 Å². The highest BCUT2D eigenvalue weighted by atomic mass is 32.2. The molecule has 94 valence electrons. The summed E-state index contributed by atoms with van der Waals surface area (Å²) in [7, 11) is -1.14. The van der Waals surface area contributed by atoms with E-state index in [0.29, 0.717) is 13.1 Å². The summed E-state index contributed by atoms with van der Waals surface area (Å²) in [5.41, 5.74) is 1.29. The Kier molecular flexibility index (Phi) is 5.44. The molecular formula is C11H22N2O2S. The molecule has 0 aliphatic carbocycles. The van der Waals surface area contributed by atoms with Gasteiger partial charge in [0.1, 0.15) is 0 Å². The summed E-state index contributed by atoms with van der Waals surface area (Å²) < 4.78 is 25.5. The summed E-state index contributed by atoms with van der Waals surface area (Å²) in [6.07, 6.45) is 4.53. The van der Waals surface area contributed by atoms with Crippen LogP contribution < -0.4 is 5.32 Å². The lowest BCUT2D eigenvalue weighted by molar-refractivity contribution is 0.430. The second kappa shape index (κ2) is 6.37. The summed E-state index contributed by atoms with van der Waals surface area (Å²) in [6, 6.07) is 0. The zero-order valence-electron chi connectivity index (χ0n) is 10.2. The fourth-order valence-corrected chi connectivity index (χ4v) is 3.22. The van der Waals surface area contributed by atoms with Gasteiger partial charge in [0.15, 0.2) is 0 Å². The molecule has 0 aromatic rings. The molecule has 0 spiro atoms. The average molecular weight is 246 g/mol. The number of nitrogens with one attached hydrogen (secondary N) is 1. The van der Waals surface area contributed by atoms with Gasteiger partial charge in [0.05, 0.1) is 5.75 Å². The van der Waals surface area contributed by atoms with Crippen LogP contribution in [0.2, 0.25) is 0 Å². The van der Waals surface area contributed by atoms with Gasteiger partial charge in [-0.25, -0.2) is 8.42 Å². The van der Waals surface area contributed by atoms with Crippen molar-refractivity contribution >= 4 is 10.0 Å². The molecule has 1 aliphatic rings. The lowest BCUT2D eigenvalue weighted by Crippen LogP contribution is -2.36. The molecule has 0 aromatic carbocycles. The number of unbranched alkanes of at least 4 members (excludes halogenated alkanes) is 1. The zero-order chi connectivity index (χ0) is 12.0. The van der Waals surface area contributed by atoms with Crippen molar-refractivity contribution in [2.45, 2.75) is 26.2 Å². The van der Waals surface area contributed by atoms with Crippen LogP contribution in [0, 0.1) is 0 Å². The summed E-state index contributed by atoms with van der Waals surface area (Å²) in [5, 5.41) is 3.02. The molecule has 1 rings (SSSR count). The Bertz CT molecular complexity index is 336. The third kappa shape index (κ3) is 4.23. The van der Waals surface area contributed by atoms with Crippen molar-refractivity contribution in [1.82, 2.24) is 9.62 Å². The van der Waals surface area contributed by atoms with Gasteiger partial charge < -0.3 is 5.32 Å². The maximum Gasteiger partial charge on any atom is 0.214 e. The van der Waals surface area contributed by atoms with Crippen LogP contribution in [0.3, 0.4) is 0 Å². The van der Waals surface area contributed by atoms with Gasteiger partial charge in [0, 0.05) is 13.1 Å². The number of nitrogens with zero attached hydrogens (tertiary/aromatic N) is 1. The molecule has 5 heteroatoms. The van der Waals surface area contributed by atoms with E-state index in [1.807, 2.05) is 13.1 Å². The van der Waals surface area contributed by atoms with E-state index in [0.717, 1.165) is 25.8 Å². The first-order valence-corrected chi connectivity index (χ1v) is 7.45. The van der Waals surface area contributed by atoms with Gasteiger partial charge in [-0.1, -0.05) is 11.6 Å². The van der Waals surface area contributed by atoms with Gasteiger partial charge >= 0.3 is 0 Å². The smallest absolute Gasteiger partial charge is 0.214 e. The minimum atomic E-state index is -3.03. The molecule has 0 amide bonds. The van der Waals surface area contributed by atoms with Gasteiger partial charge in [-0.2, -0.15) is 4.31 Å². The van der Waals surface area contributed by atoms with Crippen LogP contribution in [0.5, 0.6) is 0 Å². The first-order chi connectivity index (χ1) is 7.56. The maximum atomic E-state index is 11.9. The molecule has 0 atom stereocenters. The van der Waals surface area contributed by atoms with Crippen LogP contribution in [-0.2, 0) is 10.0 Å². The fourth-order valence-electron chi connectivity index (χ4n) is 1.72. The highest BCUT2D eigenvalue weighted by Gasteiger charge is 2.22. The van der Waals surface area contributed by atoms with Gasteiger partial charge in [-0.15, -0.1) is 0 Å². The highest BCUT2D eigenvalue weighted by molar-refractivity contribution is 7.89. The van der Waals surface area contributed by atoms with Crippen molar-refractivity contribution < 1.29 is 8.42 Å². The van der Waals surface area contributed by atoms with Crippen LogP contribution in [0.25, 0.3) is 0 Å². The summed E-state index contributed by atoms with van der Waals surface area (Å²) in [5.74, 6) is 0.279. The Morgan fingerprint density at radius 3 is 2.75 bits per heavy atom. The molecule has 1 N–H and O–H groups in total. The second-order valence-corrected chi connectivity index (χ2v) is 6.37. The predicted octanol–water partition coefficient (Wildman–Crippen LogP) is 0.968. The Labute approximate surface area is 98.8 Å². The quantitative estimate of drug-likeness (QED) is 0.561. The standard InChI is InChI=1S/C11H22N2O2S/c1-11-5-8-13(9-6-11)16(14,15)10-4-3-7-12-2/h5,12H,3-4,6-10H2,1-2H3. The second-order valence-electron chi connectivity index (χ2n) is 4.29. The van der Waals surface area contributed by atoms with Crippen molar-refractivity contribution in [2.75, 3.05) is 32.4 Å². The minimum Gasteiger partial charge on any atom is -0.320 e. The Morgan fingerprint density at radius 1 is 1.44 bits per heavy atom. The largest absolute Gasteiger partial charge is 0.320 e. The van der Waals surface area contributed by atoms with Gasteiger partial charge in [0.25, 0.3) is 0 Å².